The summed E-state index contributed by atoms with van der Waals surface area (Å²) >= 11 is 0. The van der Waals surface area contributed by atoms with Crippen molar-refractivity contribution in [2.45, 2.75) is 39.0 Å². The number of aromatic nitrogens is 3. The Morgan fingerprint density at radius 2 is 1.90 bits per heavy atom. The highest BCUT2D eigenvalue weighted by molar-refractivity contribution is 5.39. The molecule has 0 amide bonds. The summed E-state index contributed by atoms with van der Waals surface area (Å²) in [5, 5.41) is 2.87. The van der Waals surface area contributed by atoms with E-state index in [-0.39, 0.29) is 12.0 Å². The Balaban J connectivity index is 2.22. The molecule has 21 heavy (non-hydrogen) atoms. The first kappa shape index (κ1) is 15.6. The Morgan fingerprint density at radius 3 is 2.48 bits per heavy atom. The molecule has 0 spiro atoms. The molecular weight excluding hydrogens is 287 g/mol. The molecule has 2 heterocycles. The standard InChI is InChI=1S/C12H18F3N5O/c1-3-16-9-17-10(20-6-4-5-7-20)19-11(18-9)21-8(2)12(13,14)15/h8H,3-7H2,1-2H3,(H,16,17,18,19). The normalized spacial score (nSPS) is 16.9. The lowest BCUT2D eigenvalue weighted by atomic mass is 10.4. The molecule has 0 saturated carbocycles. The third-order valence-electron chi connectivity index (χ3n) is 3.07. The van der Waals surface area contributed by atoms with Gasteiger partial charge in [-0.15, -0.1) is 0 Å². The summed E-state index contributed by atoms with van der Waals surface area (Å²) < 4.78 is 42.5. The van der Waals surface area contributed by atoms with Crippen LogP contribution in [0.15, 0.2) is 0 Å². The Bertz CT molecular complexity index is 476. The Labute approximate surface area is 120 Å². The van der Waals surface area contributed by atoms with Crippen LogP contribution in [0.5, 0.6) is 6.01 Å². The molecule has 1 aromatic rings. The topological polar surface area (TPSA) is 63.2 Å². The first-order valence-electron chi connectivity index (χ1n) is 6.88. The number of anilines is 2. The van der Waals surface area contributed by atoms with Gasteiger partial charge in [-0.1, -0.05) is 0 Å². The van der Waals surface area contributed by atoms with Crippen molar-refractivity contribution in [1.29, 1.82) is 0 Å². The molecule has 1 fully saturated rings. The maximum atomic E-state index is 12.6. The highest BCUT2D eigenvalue weighted by Crippen LogP contribution is 2.25. The van der Waals surface area contributed by atoms with Crippen molar-refractivity contribution >= 4 is 11.9 Å². The second kappa shape index (κ2) is 6.31. The fraction of sp³-hybridized carbons (Fsp3) is 0.750. The Morgan fingerprint density at radius 1 is 1.24 bits per heavy atom. The molecule has 118 valence electrons. The monoisotopic (exact) mass is 305 g/mol. The average Bonchev–Trinajstić information content (AvgIpc) is 2.91. The first-order valence-corrected chi connectivity index (χ1v) is 6.88. The zero-order valence-corrected chi connectivity index (χ0v) is 11.9. The summed E-state index contributed by atoms with van der Waals surface area (Å²) in [6.45, 7) is 4.88. The van der Waals surface area contributed by atoms with Crippen LogP contribution in [-0.2, 0) is 0 Å². The Kier molecular flexibility index (Phi) is 4.69. The van der Waals surface area contributed by atoms with Crippen LogP contribution in [0.1, 0.15) is 26.7 Å². The largest absolute Gasteiger partial charge is 0.451 e. The number of hydrogen-bond acceptors (Lipinski definition) is 6. The van der Waals surface area contributed by atoms with Crippen molar-refractivity contribution in [1.82, 2.24) is 15.0 Å². The van der Waals surface area contributed by atoms with E-state index >= 15 is 0 Å². The Hall–Kier alpha value is -1.80. The highest BCUT2D eigenvalue weighted by Gasteiger charge is 2.38. The van der Waals surface area contributed by atoms with Gasteiger partial charge in [0.1, 0.15) is 0 Å². The molecule has 0 aromatic carbocycles. The number of nitrogens with zero attached hydrogens (tertiary/aromatic N) is 4. The zero-order valence-electron chi connectivity index (χ0n) is 11.9. The lowest BCUT2D eigenvalue weighted by molar-refractivity contribution is -0.190. The third-order valence-corrected chi connectivity index (χ3v) is 3.07. The van der Waals surface area contributed by atoms with Gasteiger partial charge in [0, 0.05) is 19.6 Å². The zero-order chi connectivity index (χ0) is 15.5. The van der Waals surface area contributed by atoms with E-state index < -0.39 is 12.3 Å². The second-order valence-electron chi connectivity index (χ2n) is 4.77. The maximum absolute atomic E-state index is 12.6. The summed E-state index contributed by atoms with van der Waals surface area (Å²) in [6.07, 6.45) is -4.41. The fourth-order valence-electron chi connectivity index (χ4n) is 1.92. The molecule has 2 rings (SSSR count). The third kappa shape index (κ3) is 4.08. The molecule has 9 heteroatoms. The van der Waals surface area contributed by atoms with Gasteiger partial charge in [0.2, 0.25) is 11.9 Å². The molecule has 1 N–H and O–H groups in total. The van der Waals surface area contributed by atoms with Gasteiger partial charge in [0.05, 0.1) is 0 Å². The molecule has 1 aliphatic heterocycles. The summed E-state index contributed by atoms with van der Waals surface area (Å²) in [5.41, 5.74) is 0. The van der Waals surface area contributed by atoms with Gasteiger partial charge in [-0.3, -0.25) is 0 Å². The SMILES string of the molecule is CCNc1nc(OC(C)C(F)(F)F)nc(N2CCCC2)n1. The van der Waals surface area contributed by atoms with Gasteiger partial charge in [0.15, 0.2) is 6.10 Å². The second-order valence-corrected chi connectivity index (χ2v) is 4.77. The average molecular weight is 305 g/mol. The molecule has 0 aliphatic carbocycles. The van der Waals surface area contributed by atoms with Gasteiger partial charge in [-0.2, -0.15) is 28.1 Å². The fourth-order valence-corrected chi connectivity index (χ4v) is 1.92. The molecule has 1 atom stereocenters. The predicted molar refractivity (Wildman–Crippen MR) is 71.6 cm³/mol. The van der Waals surface area contributed by atoms with E-state index in [1.165, 1.54) is 0 Å². The minimum Gasteiger partial charge on any atom is -0.451 e. The summed E-state index contributed by atoms with van der Waals surface area (Å²) in [6, 6.07) is -0.312. The van der Waals surface area contributed by atoms with Crippen LogP contribution in [0.25, 0.3) is 0 Å². The van der Waals surface area contributed by atoms with E-state index in [0.29, 0.717) is 12.5 Å². The molecule has 1 aromatic heterocycles. The summed E-state index contributed by atoms with van der Waals surface area (Å²) in [7, 11) is 0. The number of nitrogens with one attached hydrogen (secondary N) is 1. The first-order chi connectivity index (χ1) is 9.90. The summed E-state index contributed by atoms with van der Waals surface area (Å²) in [4.78, 5) is 14.0. The minimum absolute atomic E-state index is 0.221. The molecule has 1 saturated heterocycles. The van der Waals surface area contributed by atoms with Crippen molar-refractivity contribution in [3.63, 3.8) is 0 Å². The van der Waals surface area contributed by atoms with Gasteiger partial charge < -0.3 is 15.0 Å². The van der Waals surface area contributed by atoms with Crippen LogP contribution >= 0.6 is 0 Å². The van der Waals surface area contributed by atoms with E-state index in [2.05, 4.69) is 20.3 Å². The van der Waals surface area contributed by atoms with Crippen LogP contribution in [0, 0.1) is 0 Å². The molecule has 6 nitrogen and oxygen atoms in total. The molecule has 1 aliphatic rings. The quantitative estimate of drug-likeness (QED) is 0.900. The number of hydrogen-bond donors (Lipinski definition) is 1. The highest BCUT2D eigenvalue weighted by atomic mass is 19.4. The number of alkyl halides is 3. The predicted octanol–water partition coefficient (Wildman–Crippen LogP) is 2.23. The van der Waals surface area contributed by atoms with Crippen molar-refractivity contribution in [2.24, 2.45) is 0 Å². The number of ether oxygens (including phenoxy) is 1. The minimum atomic E-state index is -4.46. The van der Waals surface area contributed by atoms with Crippen molar-refractivity contribution < 1.29 is 17.9 Å². The van der Waals surface area contributed by atoms with Crippen LogP contribution < -0.4 is 15.0 Å². The molecular formula is C12H18F3N5O. The van der Waals surface area contributed by atoms with E-state index in [9.17, 15) is 13.2 Å². The van der Waals surface area contributed by atoms with Crippen LogP contribution in [0.2, 0.25) is 0 Å². The smallest absolute Gasteiger partial charge is 0.425 e. The van der Waals surface area contributed by atoms with Gasteiger partial charge >= 0.3 is 12.2 Å². The van der Waals surface area contributed by atoms with Crippen LogP contribution in [0.4, 0.5) is 25.1 Å². The molecule has 0 radical (unpaired) electrons. The van der Waals surface area contributed by atoms with Crippen LogP contribution in [-0.4, -0.2) is 46.9 Å². The molecule has 0 bridgehead atoms. The number of halogens is 3. The molecule has 1 unspecified atom stereocenters. The van der Waals surface area contributed by atoms with E-state index in [1.54, 1.807) is 0 Å². The van der Waals surface area contributed by atoms with Crippen molar-refractivity contribution in [3.05, 3.63) is 0 Å². The van der Waals surface area contributed by atoms with E-state index in [4.69, 9.17) is 4.74 Å². The lowest BCUT2D eigenvalue weighted by Crippen LogP contribution is -2.32. The van der Waals surface area contributed by atoms with E-state index in [1.807, 2.05) is 11.8 Å². The lowest BCUT2D eigenvalue weighted by Gasteiger charge is -2.19. The number of rotatable bonds is 5. The summed E-state index contributed by atoms with van der Waals surface area (Å²) in [5.74, 6) is 0.571. The van der Waals surface area contributed by atoms with Gasteiger partial charge in [-0.05, 0) is 26.7 Å². The van der Waals surface area contributed by atoms with Crippen molar-refractivity contribution in [3.8, 4) is 6.01 Å². The van der Waals surface area contributed by atoms with Gasteiger partial charge in [0.25, 0.3) is 0 Å². The van der Waals surface area contributed by atoms with E-state index in [0.717, 1.165) is 32.9 Å². The van der Waals surface area contributed by atoms with Crippen molar-refractivity contribution in [2.75, 3.05) is 29.9 Å². The maximum Gasteiger partial charge on any atom is 0.425 e. The van der Waals surface area contributed by atoms with Crippen LogP contribution in [0.3, 0.4) is 0 Å². The van der Waals surface area contributed by atoms with Gasteiger partial charge in [-0.25, -0.2) is 0 Å².